The van der Waals surface area contributed by atoms with Crippen molar-refractivity contribution in [2.45, 2.75) is 39.5 Å². The lowest BCUT2D eigenvalue weighted by Gasteiger charge is -2.23. The molecule has 118 valence electrons. The van der Waals surface area contributed by atoms with Crippen LogP contribution in [0.3, 0.4) is 0 Å². The molecule has 1 aromatic carbocycles. The van der Waals surface area contributed by atoms with Gasteiger partial charge in [-0.05, 0) is 30.4 Å². The molecule has 0 aliphatic carbocycles. The van der Waals surface area contributed by atoms with Crippen molar-refractivity contribution in [1.29, 1.82) is 0 Å². The summed E-state index contributed by atoms with van der Waals surface area (Å²) in [5.41, 5.74) is 2.28. The van der Waals surface area contributed by atoms with Gasteiger partial charge in [0, 0.05) is 13.2 Å². The maximum atomic E-state index is 11.5. The third-order valence-corrected chi connectivity index (χ3v) is 3.02. The Balaban J connectivity index is 2.54. The molecule has 0 unspecified atom stereocenters. The highest BCUT2D eigenvalue weighted by atomic mass is 16.5. The van der Waals surface area contributed by atoms with Crippen LogP contribution in [0.25, 0.3) is 0 Å². The fourth-order valence-electron chi connectivity index (χ4n) is 1.88. The monoisotopic (exact) mass is 294 g/mol. The van der Waals surface area contributed by atoms with E-state index in [9.17, 15) is 4.79 Å². The first kappa shape index (κ1) is 17.3. The Hall–Kier alpha value is -1.75. The summed E-state index contributed by atoms with van der Waals surface area (Å²) >= 11 is 0. The fourth-order valence-corrected chi connectivity index (χ4v) is 1.88. The Morgan fingerprint density at radius 2 is 2.00 bits per heavy atom. The van der Waals surface area contributed by atoms with E-state index >= 15 is 0 Å². The van der Waals surface area contributed by atoms with Crippen LogP contribution in [0, 0.1) is 6.92 Å². The molecular formula is C16H26N2O3. The molecule has 0 fully saturated rings. The zero-order chi connectivity index (χ0) is 15.9. The van der Waals surface area contributed by atoms with Crippen molar-refractivity contribution in [3.63, 3.8) is 0 Å². The minimum Gasteiger partial charge on any atom is -0.473 e. The van der Waals surface area contributed by atoms with Gasteiger partial charge in [-0.3, -0.25) is 0 Å². The van der Waals surface area contributed by atoms with Gasteiger partial charge < -0.3 is 20.5 Å². The van der Waals surface area contributed by atoms with E-state index in [1.807, 2.05) is 19.1 Å². The molecule has 0 aliphatic heterocycles. The summed E-state index contributed by atoms with van der Waals surface area (Å²) in [7, 11) is 0. The highest BCUT2D eigenvalue weighted by molar-refractivity contribution is 5.73. The van der Waals surface area contributed by atoms with E-state index in [1.54, 1.807) is 0 Å². The van der Waals surface area contributed by atoms with Crippen LogP contribution in [0.15, 0.2) is 18.2 Å². The minimum absolute atomic E-state index is 0.0231. The van der Waals surface area contributed by atoms with Gasteiger partial charge in [-0.2, -0.15) is 0 Å². The van der Waals surface area contributed by atoms with Gasteiger partial charge in [0.2, 0.25) is 0 Å². The van der Waals surface area contributed by atoms with E-state index in [0.29, 0.717) is 13.0 Å². The molecule has 5 nitrogen and oxygen atoms in total. The van der Waals surface area contributed by atoms with E-state index < -0.39 is 0 Å². The zero-order valence-electron chi connectivity index (χ0n) is 13.3. The number of nitrogens with one attached hydrogen (secondary N) is 2. The summed E-state index contributed by atoms with van der Waals surface area (Å²) in [6.45, 7) is 9.05. The predicted octanol–water partition coefficient (Wildman–Crippen LogP) is 2.31. The summed E-state index contributed by atoms with van der Waals surface area (Å²) < 4.78 is 5.67. The lowest BCUT2D eigenvalue weighted by molar-refractivity contribution is 0.221. The minimum atomic E-state index is -0.298. The van der Waals surface area contributed by atoms with Crippen molar-refractivity contribution in [3.8, 4) is 5.75 Å². The second-order valence-electron chi connectivity index (χ2n) is 6.05. The average Bonchev–Trinajstić information content (AvgIpc) is 2.39. The third kappa shape index (κ3) is 6.04. The Morgan fingerprint density at radius 3 is 2.62 bits per heavy atom. The number of carbonyl (C=O) groups excluding carboxylic acids is 1. The number of rotatable bonds is 6. The highest BCUT2D eigenvalue weighted by Gasteiger charge is 2.19. The Kier molecular flexibility index (Phi) is 6.49. The molecule has 0 heterocycles. The molecule has 0 spiro atoms. The molecule has 5 heteroatoms. The van der Waals surface area contributed by atoms with Gasteiger partial charge in [0.25, 0.3) is 0 Å². The first-order valence-electron chi connectivity index (χ1n) is 7.21. The molecule has 2 amide bonds. The van der Waals surface area contributed by atoms with Gasteiger partial charge in [-0.1, -0.05) is 38.5 Å². The lowest BCUT2D eigenvalue weighted by atomic mass is 9.85. The van der Waals surface area contributed by atoms with Crippen LogP contribution in [0.2, 0.25) is 0 Å². The number of ether oxygens (including phenoxy) is 1. The molecule has 0 atom stereocenters. The van der Waals surface area contributed by atoms with Crippen molar-refractivity contribution in [2.24, 2.45) is 0 Å². The number of hydrogen-bond donors (Lipinski definition) is 3. The SMILES string of the molecule is Cc1ccc(OCNC(=O)NCCCO)c(C(C)(C)C)c1. The standard InChI is InChI=1S/C16H26N2O3/c1-12-6-7-14(13(10-12)16(2,3)4)21-11-18-15(20)17-8-5-9-19/h6-7,10,19H,5,8-9,11H2,1-4H3,(H2,17,18,20). The van der Waals surface area contributed by atoms with Crippen LogP contribution in [-0.4, -0.2) is 31.0 Å². The summed E-state index contributed by atoms with van der Waals surface area (Å²) in [6.07, 6.45) is 0.542. The van der Waals surface area contributed by atoms with Crippen LogP contribution < -0.4 is 15.4 Å². The molecule has 21 heavy (non-hydrogen) atoms. The van der Waals surface area contributed by atoms with Gasteiger partial charge in [0.05, 0.1) is 0 Å². The maximum Gasteiger partial charge on any atom is 0.317 e. The Bertz CT molecular complexity index is 467. The molecule has 0 saturated carbocycles. The highest BCUT2D eigenvalue weighted by Crippen LogP contribution is 2.31. The first-order valence-corrected chi connectivity index (χ1v) is 7.21. The number of aliphatic hydroxyl groups is 1. The second-order valence-corrected chi connectivity index (χ2v) is 6.05. The molecule has 0 bridgehead atoms. The molecule has 1 rings (SSSR count). The fraction of sp³-hybridized carbons (Fsp3) is 0.562. The third-order valence-electron chi connectivity index (χ3n) is 3.02. The van der Waals surface area contributed by atoms with Crippen LogP contribution in [0.4, 0.5) is 4.79 Å². The van der Waals surface area contributed by atoms with Crippen LogP contribution in [0.1, 0.15) is 38.3 Å². The van der Waals surface area contributed by atoms with Crippen molar-refractivity contribution >= 4 is 6.03 Å². The van der Waals surface area contributed by atoms with Gasteiger partial charge in [0.1, 0.15) is 5.75 Å². The largest absolute Gasteiger partial charge is 0.473 e. The number of carbonyl (C=O) groups is 1. The van der Waals surface area contributed by atoms with Crippen LogP contribution >= 0.6 is 0 Å². The van der Waals surface area contributed by atoms with Crippen LogP contribution in [0.5, 0.6) is 5.75 Å². The van der Waals surface area contributed by atoms with Gasteiger partial charge in [-0.15, -0.1) is 0 Å². The molecule has 1 aromatic rings. The smallest absolute Gasteiger partial charge is 0.317 e. The van der Waals surface area contributed by atoms with E-state index in [1.165, 1.54) is 5.56 Å². The number of urea groups is 1. The summed E-state index contributed by atoms with van der Waals surface area (Å²) in [5.74, 6) is 0.781. The quantitative estimate of drug-likeness (QED) is 0.557. The summed E-state index contributed by atoms with van der Waals surface area (Å²) in [4.78, 5) is 11.5. The van der Waals surface area contributed by atoms with E-state index in [0.717, 1.165) is 11.3 Å². The van der Waals surface area contributed by atoms with Crippen molar-refractivity contribution < 1.29 is 14.6 Å². The summed E-state index contributed by atoms with van der Waals surface area (Å²) in [5, 5.41) is 13.9. The zero-order valence-corrected chi connectivity index (χ0v) is 13.3. The Labute approximate surface area is 126 Å². The van der Waals surface area contributed by atoms with Crippen molar-refractivity contribution in [2.75, 3.05) is 19.9 Å². The van der Waals surface area contributed by atoms with Gasteiger partial charge in [0.15, 0.2) is 6.73 Å². The van der Waals surface area contributed by atoms with E-state index in [4.69, 9.17) is 9.84 Å². The maximum absolute atomic E-state index is 11.5. The predicted molar refractivity (Wildman–Crippen MR) is 83.6 cm³/mol. The Morgan fingerprint density at radius 1 is 1.29 bits per heavy atom. The normalized spacial score (nSPS) is 11.1. The van der Waals surface area contributed by atoms with E-state index in [2.05, 4.69) is 37.5 Å². The van der Waals surface area contributed by atoms with Crippen molar-refractivity contribution in [1.82, 2.24) is 10.6 Å². The molecule has 3 N–H and O–H groups in total. The number of aliphatic hydroxyl groups excluding tert-OH is 1. The number of benzene rings is 1. The topological polar surface area (TPSA) is 70.6 Å². The first-order chi connectivity index (χ1) is 9.84. The second kappa shape index (κ2) is 7.88. The van der Waals surface area contributed by atoms with Crippen molar-refractivity contribution in [3.05, 3.63) is 29.3 Å². The molecule has 0 radical (unpaired) electrons. The van der Waals surface area contributed by atoms with Gasteiger partial charge >= 0.3 is 6.03 Å². The van der Waals surface area contributed by atoms with Gasteiger partial charge in [-0.25, -0.2) is 4.79 Å². The molecular weight excluding hydrogens is 268 g/mol. The number of amides is 2. The molecule has 0 aliphatic rings. The molecule has 0 aromatic heterocycles. The lowest BCUT2D eigenvalue weighted by Crippen LogP contribution is -2.38. The number of hydrogen-bond acceptors (Lipinski definition) is 3. The number of aryl methyl sites for hydroxylation is 1. The molecule has 0 saturated heterocycles. The average molecular weight is 294 g/mol. The van der Waals surface area contributed by atoms with E-state index in [-0.39, 0.29) is 24.8 Å². The van der Waals surface area contributed by atoms with Crippen LogP contribution in [-0.2, 0) is 5.41 Å². The summed E-state index contributed by atoms with van der Waals surface area (Å²) in [6, 6.07) is 5.73.